The van der Waals surface area contributed by atoms with Gasteiger partial charge in [0.1, 0.15) is 23.1 Å². The highest BCUT2D eigenvalue weighted by atomic mass is 19.4. The summed E-state index contributed by atoms with van der Waals surface area (Å²) >= 11 is 0. The fraction of sp³-hybridized carbons (Fsp3) is 0.280. The van der Waals surface area contributed by atoms with Crippen LogP contribution in [-0.2, 0) is 11.0 Å². The van der Waals surface area contributed by atoms with Gasteiger partial charge >= 0.3 is 6.18 Å². The zero-order valence-electron chi connectivity index (χ0n) is 18.6. The lowest BCUT2D eigenvalue weighted by atomic mass is 10.2. The minimum Gasteiger partial charge on any atom is -0.484 e. The standard InChI is InChI=1S/C25H24F3N3O3/c1-18-2-5-21(6-3-18)34-22-9-7-20(8-10-22)33-17-24(32)31-14-12-30(13-15-31)23-11-4-19(16-29-23)25(26,27)28/h2-11,16H,12-15,17H2,1H3. The fourth-order valence-electron chi connectivity index (χ4n) is 3.51. The van der Waals surface area contributed by atoms with Crippen molar-refractivity contribution in [1.29, 1.82) is 0 Å². The summed E-state index contributed by atoms with van der Waals surface area (Å²) in [6.07, 6.45) is -3.58. The van der Waals surface area contributed by atoms with Crippen molar-refractivity contribution < 1.29 is 27.4 Å². The number of carbonyl (C=O) groups excluding carboxylic acids is 1. The van der Waals surface area contributed by atoms with Crippen LogP contribution in [0, 0.1) is 6.92 Å². The summed E-state index contributed by atoms with van der Waals surface area (Å²) in [4.78, 5) is 20.0. The van der Waals surface area contributed by atoms with Crippen LogP contribution in [0.5, 0.6) is 17.2 Å². The number of nitrogens with zero attached hydrogens (tertiary/aromatic N) is 3. The minimum absolute atomic E-state index is 0.101. The number of aryl methyl sites for hydroxylation is 1. The molecule has 2 aromatic carbocycles. The number of amides is 1. The van der Waals surface area contributed by atoms with Gasteiger partial charge in [0.2, 0.25) is 0 Å². The van der Waals surface area contributed by atoms with E-state index in [1.807, 2.05) is 36.1 Å². The van der Waals surface area contributed by atoms with Crippen molar-refractivity contribution in [2.75, 3.05) is 37.7 Å². The number of piperazine rings is 1. The van der Waals surface area contributed by atoms with E-state index >= 15 is 0 Å². The van der Waals surface area contributed by atoms with Crippen LogP contribution in [0.2, 0.25) is 0 Å². The molecule has 1 amide bonds. The molecule has 2 heterocycles. The molecule has 34 heavy (non-hydrogen) atoms. The minimum atomic E-state index is -4.41. The average Bonchev–Trinajstić information content (AvgIpc) is 2.84. The molecule has 0 aliphatic carbocycles. The van der Waals surface area contributed by atoms with Crippen molar-refractivity contribution >= 4 is 11.7 Å². The molecule has 0 radical (unpaired) electrons. The van der Waals surface area contributed by atoms with E-state index in [4.69, 9.17) is 9.47 Å². The number of benzene rings is 2. The molecule has 0 N–H and O–H groups in total. The third-order valence-electron chi connectivity index (χ3n) is 5.47. The fourth-order valence-corrected chi connectivity index (χ4v) is 3.51. The van der Waals surface area contributed by atoms with Crippen molar-refractivity contribution in [2.45, 2.75) is 13.1 Å². The maximum Gasteiger partial charge on any atom is 0.417 e. The van der Waals surface area contributed by atoms with E-state index in [1.165, 1.54) is 6.07 Å². The predicted octanol–water partition coefficient (Wildman–Crippen LogP) is 4.93. The van der Waals surface area contributed by atoms with Crippen LogP contribution in [-0.4, -0.2) is 48.6 Å². The number of hydrogen-bond acceptors (Lipinski definition) is 5. The Balaban J connectivity index is 1.23. The van der Waals surface area contributed by atoms with Crippen LogP contribution in [0.4, 0.5) is 19.0 Å². The van der Waals surface area contributed by atoms with E-state index in [9.17, 15) is 18.0 Å². The molecular formula is C25H24F3N3O3. The van der Waals surface area contributed by atoms with Gasteiger partial charge in [-0.05, 0) is 55.5 Å². The Morgan fingerprint density at radius 1 is 0.882 bits per heavy atom. The highest BCUT2D eigenvalue weighted by Crippen LogP contribution is 2.29. The van der Waals surface area contributed by atoms with E-state index in [0.717, 1.165) is 23.6 Å². The molecule has 1 aromatic heterocycles. The van der Waals surface area contributed by atoms with Gasteiger partial charge in [-0.2, -0.15) is 13.2 Å². The van der Waals surface area contributed by atoms with Gasteiger partial charge in [-0.25, -0.2) is 4.98 Å². The van der Waals surface area contributed by atoms with Crippen molar-refractivity contribution in [3.05, 3.63) is 78.0 Å². The zero-order valence-corrected chi connectivity index (χ0v) is 18.6. The number of carbonyl (C=O) groups is 1. The summed E-state index contributed by atoms with van der Waals surface area (Å²) in [6.45, 7) is 3.75. The summed E-state index contributed by atoms with van der Waals surface area (Å²) in [7, 11) is 0. The largest absolute Gasteiger partial charge is 0.484 e. The van der Waals surface area contributed by atoms with E-state index in [-0.39, 0.29) is 12.5 Å². The van der Waals surface area contributed by atoms with E-state index in [2.05, 4.69) is 4.98 Å². The van der Waals surface area contributed by atoms with Crippen LogP contribution in [0.3, 0.4) is 0 Å². The van der Waals surface area contributed by atoms with Gasteiger partial charge in [0, 0.05) is 32.4 Å². The molecule has 0 saturated carbocycles. The quantitative estimate of drug-likeness (QED) is 0.510. The van der Waals surface area contributed by atoms with Crippen molar-refractivity contribution in [3.8, 4) is 17.2 Å². The molecule has 0 unspecified atom stereocenters. The smallest absolute Gasteiger partial charge is 0.417 e. The Labute approximate surface area is 195 Å². The topological polar surface area (TPSA) is 54.9 Å². The second-order valence-electron chi connectivity index (χ2n) is 7.95. The lowest BCUT2D eigenvalue weighted by Crippen LogP contribution is -2.50. The SMILES string of the molecule is Cc1ccc(Oc2ccc(OCC(=O)N3CCN(c4ccc(C(F)(F)F)cn4)CC3)cc2)cc1. The number of pyridine rings is 1. The second kappa shape index (κ2) is 10.0. The third-order valence-corrected chi connectivity index (χ3v) is 5.47. The predicted molar refractivity (Wildman–Crippen MR) is 121 cm³/mol. The Kier molecular flexibility index (Phi) is 6.90. The normalized spacial score (nSPS) is 14.1. The first-order valence-corrected chi connectivity index (χ1v) is 10.8. The molecule has 1 aliphatic rings. The monoisotopic (exact) mass is 471 g/mol. The molecular weight excluding hydrogens is 447 g/mol. The highest BCUT2D eigenvalue weighted by molar-refractivity contribution is 5.78. The summed E-state index contributed by atoms with van der Waals surface area (Å²) < 4.78 is 49.5. The summed E-state index contributed by atoms with van der Waals surface area (Å²) in [5.74, 6) is 2.26. The van der Waals surface area contributed by atoms with Crippen molar-refractivity contribution in [2.24, 2.45) is 0 Å². The van der Waals surface area contributed by atoms with Gasteiger partial charge in [0.15, 0.2) is 6.61 Å². The van der Waals surface area contributed by atoms with Crippen LogP contribution in [0.1, 0.15) is 11.1 Å². The molecule has 6 nitrogen and oxygen atoms in total. The summed E-state index contributed by atoms with van der Waals surface area (Å²) in [6, 6.07) is 17.1. The second-order valence-corrected chi connectivity index (χ2v) is 7.95. The van der Waals surface area contributed by atoms with Gasteiger partial charge in [0.05, 0.1) is 5.56 Å². The third kappa shape index (κ3) is 5.98. The number of hydrogen-bond donors (Lipinski definition) is 0. The maximum atomic E-state index is 12.7. The number of ether oxygens (including phenoxy) is 2. The Hall–Kier alpha value is -3.75. The average molecular weight is 471 g/mol. The molecule has 1 aliphatic heterocycles. The van der Waals surface area contributed by atoms with Gasteiger partial charge in [-0.3, -0.25) is 4.79 Å². The van der Waals surface area contributed by atoms with Gasteiger partial charge in [-0.1, -0.05) is 17.7 Å². The maximum absolute atomic E-state index is 12.7. The van der Waals surface area contributed by atoms with E-state index in [1.54, 1.807) is 29.2 Å². The van der Waals surface area contributed by atoms with E-state index in [0.29, 0.717) is 43.5 Å². The van der Waals surface area contributed by atoms with Crippen molar-refractivity contribution in [3.63, 3.8) is 0 Å². The van der Waals surface area contributed by atoms with Crippen LogP contribution >= 0.6 is 0 Å². The molecule has 1 fully saturated rings. The molecule has 0 atom stereocenters. The first kappa shape index (κ1) is 23.4. The molecule has 178 valence electrons. The van der Waals surface area contributed by atoms with Gasteiger partial charge in [0.25, 0.3) is 5.91 Å². The Bertz CT molecular complexity index is 1090. The summed E-state index contributed by atoms with van der Waals surface area (Å²) in [5.41, 5.74) is 0.371. The number of anilines is 1. The van der Waals surface area contributed by atoms with Gasteiger partial charge in [-0.15, -0.1) is 0 Å². The number of halogens is 3. The lowest BCUT2D eigenvalue weighted by Gasteiger charge is -2.35. The zero-order chi connectivity index (χ0) is 24.1. The molecule has 9 heteroatoms. The van der Waals surface area contributed by atoms with Crippen LogP contribution in [0.25, 0.3) is 0 Å². The van der Waals surface area contributed by atoms with Gasteiger partial charge < -0.3 is 19.3 Å². The number of rotatable bonds is 6. The highest BCUT2D eigenvalue weighted by Gasteiger charge is 2.31. The summed E-state index contributed by atoms with van der Waals surface area (Å²) in [5, 5.41) is 0. The molecule has 4 rings (SSSR count). The van der Waals surface area contributed by atoms with E-state index < -0.39 is 11.7 Å². The van der Waals surface area contributed by atoms with Crippen molar-refractivity contribution in [1.82, 2.24) is 9.88 Å². The molecule has 3 aromatic rings. The van der Waals surface area contributed by atoms with Crippen LogP contribution < -0.4 is 14.4 Å². The lowest BCUT2D eigenvalue weighted by molar-refractivity contribution is -0.138. The first-order valence-electron chi connectivity index (χ1n) is 10.8. The Morgan fingerprint density at radius 2 is 1.47 bits per heavy atom. The molecule has 0 bridgehead atoms. The number of aromatic nitrogens is 1. The molecule has 0 spiro atoms. The Morgan fingerprint density at radius 3 is 2.03 bits per heavy atom. The van der Waals surface area contributed by atoms with Crippen LogP contribution in [0.15, 0.2) is 66.9 Å². The molecule has 1 saturated heterocycles. The first-order chi connectivity index (χ1) is 16.3. The number of alkyl halides is 3.